The smallest absolute Gasteiger partial charge is 0.416 e. The molecule has 0 bridgehead atoms. The molecule has 0 N–H and O–H groups in total. The van der Waals surface area contributed by atoms with Crippen molar-refractivity contribution in [3.05, 3.63) is 69.8 Å². The van der Waals surface area contributed by atoms with E-state index in [4.69, 9.17) is 25.5 Å². The number of ether oxygens (including phenoxy) is 2. The lowest BCUT2D eigenvalue weighted by Crippen LogP contribution is -2.21. The summed E-state index contributed by atoms with van der Waals surface area (Å²) in [5, 5.41) is -0.178. The molecule has 3 aromatic rings. The summed E-state index contributed by atoms with van der Waals surface area (Å²) in [6, 6.07) is 4.65. The zero-order valence-electron chi connectivity index (χ0n) is 15.7. The van der Waals surface area contributed by atoms with Crippen molar-refractivity contribution in [3.63, 3.8) is 0 Å². The molecule has 2 aromatic heterocycles. The van der Waals surface area contributed by atoms with Crippen LogP contribution in [0.2, 0.25) is 5.28 Å². The molecule has 0 spiro atoms. The van der Waals surface area contributed by atoms with Crippen LogP contribution in [0.15, 0.2) is 41.0 Å². The van der Waals surface area contributed by atoms with Crippen molar-refractivity contribution in [1.29, 1.82) is 0 Å². The first-order valence-corrected chi connectivity index (χ1v) is 9.59. The number of alkyl halides is 6. The fraction of sp³-hybridized carbons (Fsp3) is 0.300. The molecule has 168 valence electrons. The van der Waals surface area contributed by atoms with Crippen LogP contribution in [0.4, 0.5) is 26.3 Å². The number of rotatable bonds is 3. The second-order valence-electron chi connectivity index (χ2n) is 7.29. The number of hydrogen-bond acceptors (Lipinski definition) is 5. The highest BCUT2D eigenvalue weighted by Gasteiger charge is 2.52. The number of epoxide rings is 1. The van der Waals surface area contributed by atoms with Crippen molar-refractivity contribution in [2.24, 2.45) is 0 Å². The maximum atomic E-state index is 13.2. The summed E-state index contributed by atoms with van der Waals surface area (Å²) in [6.45, 7) is 0. The summed E-state index contributed by atoms with van der Waals surface area (Å²) in [4.78, 5) is 8.31. The highest BCUT2D eigenvalue weighted by atomic mass is 35.5. The second kappa shape index (κ2) is 7.19. The van der Waals surface area contributed by atoms with Gasteiger partial charge in [0, 0.05) is 12.0 Å². The van der Waals surface area contributed by atoms with Crippen LogP contribution in [0.1, 0.15) is 40.2 Å². The SMILES string of the molecule is FC(F)(F)c1cc(CC2OC3OC3c3c(-c4ccco4)nc(Cl)nc32)cc(C(F)(F)F)c1. The van der Waals surface area contributed by atoms with E-state index in [9.17, 15) is 26.3 Å². The maximum Gasteiger partial charge on any atom is 0.416 e. The largest absolute Gasteiger partial charge is 0.463 e. The van der Waals surface area contributed by atoms with Gasteiger partial charge in [0.2, 0.25) is 5.28 Å². The fourth-order valence-corrected chi connectivity index (χ4v) is 3.89. The number of aromatic nitrogens is 2. The molecule has 1 fully saturated rings. The third-order valence-electron chi connectivity index (χ3n) is 5.11. The Morgan fingerprint density at radius 1 is 0.938 bits per heavy atom. The monoisotopic (exact) mass is 476 g/mol. The first kappa shape index (κ1) is 21.2. The number of benzene rings is 1. The Kier molecular flexibility index (Phi) is 4.77. The van der Waals surface area contributed by atoms with Crippen LogP contribution in [-0.2, 0) is 28.2 Å². The standard InChI is InChI=1S/C20H11ClF6N2O3/c21-18-28-14(11-2-1-3-30-11)13-15(29-18)12(31-17-16(13)32-17)6-8-4-9(19(22,23)24)7-10(5-8)20(25,26)27/h1-5,7,12,16-17H,6H2. The number of furan rings is 1. The fourth-order valence-electron chi connectivity index (χ4n) is 3.71. The molecule has 0 amide bonds. The van der Waals surface area contributed by atoms with E-state index in [2.05, 4.69) is 9.97 Å². The number of halogens is 7. The van der Waals surface area contributed by atoms with Crippen molar-refractivity contribution in [3.8, 4) is 11.5 Å². The number of fused-ring (bicyclic) bond motifs is 3. The van der Waals surface area contributed by atoms with Crippen LogP contribution in [0, 0.1) is 0 Å². The van der Waals surface area contributed by atoms with Crippen LogP contribution in [0.5, 0.6) is 0 Å². The van der Waals surface area contributed by atoms with E-state index in [1.165, 1.54) is 6.26 Å². The average molecular weight is 477 g/mol. The van der Waals surface area contributed by atoms with Crippen molar-refractivity contribution >= 4 is 11.6 Å². The van der Waals surface area contributed by atoms with E-state index in [1.54, 1.807) is 12.1 Å². The minimum Gasteiger partial charge on any atom is -0.463 e. The molecule has 1 saturated heterocycles. The maximum absolute atomic E-state index is 13.2. The van der Waals surface area contributed by atoms with E-state index in [-0.39, 0.29) is 29.0 Å². The third kappa shape index (κ3) is 3.84. The zero-order valence-corrected chi connectivity index (χ0v) is 16.4. The van der Waals surface area contributed by atoms with Crippen molar-refractivity contribution < 1.29 is 40.2 Å². The highest BCUT2D eigenvalue weighted by Crippen LogP contribution is 2.52. The quantitative estimate of drug-likeness (QED) is 0.258. The minimum absolute atomic E-state index is 0.0766. The molecule has 32 heavy (non-hydrogen) atoms. The lowest BCUT2D eigenvalue weighted by molar-refractivity contribution is -0.143. The first-order chi connectivity index (χ1) is 15.0. The predicted molar refractivity (Wildman–Crippen MR) is 96.3 cm³/mol. The van der Waals surface area contributed by atoms with Gasteiger partial charge < -0.3 is 13.9 Å². The number of hydrogen-bond donors (Lipinski definition) is 0. The van der Waals surface area contributed by atoms with Gasteiger partial charge in [-0.25, -0.2) is 9.97 Å². The van der Waals surface area contributed by atoms with Crippen LogP contribution < -0.4 is 0 Å². The molecule has 5 nitrogen and oxygen atoms in total. The van der Waals surface area contributed by atoms with E-state index in [1.807, 2.05) is 0 Å². The Hall–Kier alpha value is -2.63. The van der Waals surface area contributed by atoms with Crippen LogP contribution in [-0.4, -0.2) is 16.3 Å². The van der Waals surface area contributed by atoms with Gasteiger partial charge in [-0.1, -0.05) is 0 Å². The van der Waals surface area contributed by atoms with E-state index in [0.29, 0.717) is 29.2 Å². The van der Waals surface area contributed by atoms with Crippen LogP contribution in [0.25, 0.3) is 11.5 Å². The Labute approximate surface area is 180 Å². The molecule has 1 aromatic carbocycles. The molecular formula is C20H11ClF6N2O3. The Bertz CT molecular complexity index is 1150. The lowest BCUT2D eigenvalue weighted by atomic mass is 9.94. The molecule has 3 unspecified atom stereocenters. The molecule has 2 aliphatic rings. The molecule has 0 aliphatic carbocycles. The summed E-state index contributed by atoms with van der Waals surface area (Å²) in [5.41, 5.74) is -2.01. The molecule has 4 heterocycles. The van der Waals surface area contributed by atoms with Gasteiger partial charge in [0.1, 0.15) is 17.9 Å². The van der Waals surface area contributed by atoms with Gasteiger partial charge in [0.25, 0.3) is 0 Å². The van der Waals surface area contributed by atoms with E-state index in [0.717, 1.165) is 0 Å². The number of nitrogens with zero attached hydrogens (tertiary/aromatic N) is 2. The van der Waals surface area contributed by atoms with Gasteiger partial charge in [0.05, 0.1) is 23.1 Å². The van der Waals surface area contributed by atoms with Gasteiger partial charge in [-0.3, -0.25) is 0 Å². The summed E-state index contributed by atoms with van der Waals surface area (Å²) in [6.07, 6.45) is -11.1. The predicted octanol–water partition coefficient (Wildman–Crippen LogP) is 6.14. The normalized spacial score (nSPS) is 22.4. The Morgan fingerprint density at radius 3 is 2.22 bits per heavy atom. The topological polar surface area (TPSA) is 60.7 Å². The summed E-state index contributed by atoms with van der Waals surface area (Å²) < 4.78 is 95.8. The molecule has 0 radical (unpaired) electrons. The second-order valence-corrected chi connectivity index (χ2v) is 7.62. The minimum atomic E-state index is -4.95. The van der Waals surface area contributed by atoms with Crippen molar-refractivity contribution in [2.45, 2.75) is 37.3 Å². The Morgan fingerprint density at radius 2 is 1.62 bits per heavy atom. The summed E-state index contributed by atoms with van der Waals surface area (Å²) in [5.74, 6) is 0.360. The highest BCUT2D eigenvalue weighted by molar-refractivity contribution is 6.28. The van der Waals surface area contributed by atoms with Crippen molar-refractivity contribution in [1.82, 2.24) is 9.97 Å². The molecular weight excluding hydrogens is 466 g/mol. The van der Waals surface area contributed by atoms with Gasteiger partial charge in [0.15, 0.2) is 12.1 Å². The van der Waals surface area contributed by atoms with Gasteiger partial charge in [-0.05, 0) is 47.5 Å². The zero-order chi connectivity index (χ0) is 22.8. The Balaban J connectivity index is 1.58. The summed E-state index contributed by atoms with van der Waals surface area (Å²) >= 11 is 6.04. The summed E-state index contributed by atoms with van der Waals surface area (Å²) in [7, 11) is 0. The van der Waals surface area contributed by atoms with Gasteiger partial charge in [-0.15, -0.1) is 0 Å². The van der Waals surface area contributed by atoms with Gasteiger partial charge >= 0.3 is 12.4 Å². The third-order valence-corrected chi connectivity index (χ3v) is 5.28. The molecule has 5 rings (SSSR count). The molecule has 2 aliphatic heterocycles. The van der Waals surface area contributed by atoms with E-state index < -0.39 is 42.0 Å². The van der Waals surface area contributed by atoms with Crippen LogP contribution >= 0.6 is 11.6 Å². The molecule has 12 heteroatoms. The molecule has 3 atom stereocenters. The van der Waals surface area contributed by atoms with Gasteiger partial charge in [-0.2, -0.15) is 26.3 Å². The first-order valence-electron chi connectivity index (χ1n) is 9.21. The van der Waals surface area contributed by atoms with E-state index >= 15 is 0 Å². The molecule has 0 saturated carbocycles. The lowest BCUT2D eigenvalue weighted by Gasteiger charge is -2.24. The average Bonchev–Trinajstić information content (AvgIpc) is 3.26. The van der Waals surface area contributed by atoms with Crippen LogP contribution in [0.3, 0.4) is 0 Å². The van der Waals surface area contributed by atoms with Crippen molar-refractivity contribution in [2.75, 3.05) is 0 Å².